The lowest BCUT2D eigenvalue weighted by molar-refractivity contribution is 1.26. The molecule has 0 aliphatic heterocycles. The summed E-state index contributed by atoms with van der Waals surface area (Å²) in [6, 6.07) is 15.4. The summed E-state index contributed by atoms with van der Waals surface area (Å²) in [7, 11) is 0. The van der Waals surface area contributed by atoms with Gasteiger partial charge in [-0.15, -0.1) is 0 Å². The van der Waals surface area contributed by atoms with Crippen molar-refractivity contribution in [2.45, 2.75) is 6.92 Å². The Morgan fingerprint density at radius 1 is 0.800 bits per heavy atom. The fourth-order valence-corrected chi connectivity index (χ4v) is 2.16. The molecule has 0 saturated heterocycles. The van der Waals surface area contributed by atoms with Crippen LogP contribution in [0.25, 0.3) is 22.6 Å². The molecule has 3 rings (SSSR count). The van der Waals surface area contributed by atoms with Gasteiger partial charge in [-0.1, -0.05) is 12.1 Å². The predicted molar refractivity (Wildman–Crippen MR) is 83.0 cm³/mol. The predicted octanol–water partition coefficient (Wildman–Crippen LogP) is 3.22. The highest BCUT2D eigenvalue weighted by Gasteiger charge is 2.10. The molecule has 0 saturated carbocycles. The molecule has 1 heterocycles. The van der Waals surface area contributed by atoms with Crippen molar-refractivity contribution in [2.24, 2.45) is 0 Å². The summed E-state index contributed by atoms with van der Waals surface area (Å²) in [5, 5.41) is 0. The van der Waals surface area contributed by atoms with Gasteiger partial charge in [0.1, 0.15) is 5.82 Å². The lowest BCUT2D eigenvalue weighted by atomic mass is 10.1. The lowest BCUT2D eigenvalue weighted by Crippen LogP contribution is -1.86. The van der Waals surface area contributed by atoms with E-state index in [0.29, 0.717) is 0 Å². The second-order valence-electron chi connectivity index (χ2n) is 4.80. The van der Waals surface area contributed by atoms with Crippen molar-refractivity contribution in [3.8, 4) is 22.6 Å². The van der Waals surface area contributed by atoms with Crippen molar-refractivity contribution >= 4 is 11.4 Å². The number of rotatable bonds is 2. The summed E-state index contributed by atoms with van der Waals surface area (Å²) >= 11 is 0. The van der Waals surface area contributed by atoms with Gasteiger partial charge in [-0.2, -0.15) is 0 Å². The molecule has 3 aromatic rings. The molecule has 0 radical (unpaired) electrons. The van der Waals surface area contributed by atoms with E-state index < -0.39 is 0 Å². The van der Waals surface area contributed by atoms with E-state index in [1.165, 1.54) is 0 Å². The summed E-state index contributed by atoms with van der Waals surface area (Å²) in [5.41, 5.74) is 17.0. The van der Waals surface area contributed by atoms with Gasteiger partial charge in [0.25, 0.3) is 0 Å². The molecular formula is C16H16N4. The normalized spacial score (nSPS) is 10.7. The van der Waals surface area contributed by atoms with E-state index in [2.05, 4.69) is 9.97 Å². The first-order valence-electron chi connectivity index (χ1n) is 6.42. The minimum Gasteiger partial charge on any atom is -0.399 e. The van der Waals surface area contributed by atoms with Crippen molar-refractivity contribution < 1.29 is 0 Å². The van der Waals surface area contributed by atoms with Crippen LogP contribution in [0, 0.1) is 6.92 Å². The van der Waals surface area contributed by atoms with Gasteiger partial charge in [-0.05, 0) is 43.3 Å². The van der Waals surface area contributed by atoms with E-state index in [1.807, 2.05) is 55.5 Å². The average Bonchev–Trinajstić information content (AvgIpc) is 2.82. The summed E-state index contributed by atoms with van der Waals surface area (Å²) in [4.78, 5) is 7.98. The van der Waals surface area contributed by atoms with Crippen LogP contribution in [0.4, 0.5) is 11.4 Å². The molecule has 5 N–H and O–H groups in total. The summed E-state index contributed by atoms with van der Waals surface area (Å²) < 4.78 is 0. The van der Waals surface area contributed by atoms with E-state index in [1.54, 1.807) is 0 Å². The molecule has 0 fully saturated rings. The molecule has 0 atom stereocenters. The number of nitrogen functional groups attached to an aromatic ring is 2. The number of nitrogens with one attached hydrogen (secondary N) is 1. The van der Waals surface area contributed by atoms with Crippen LogP contribution in [0.5, 0.6) is 0 Å². The molecule has 0 spiro atoms. The number of nitrogens with two attached hydrogens (primary N) is 2. The standard InChI is InChI=1S/C16H16N4/c1-10-15(11-2-6-13(17)7-3-11)20-16(19-10)12-4-8-14(18)9-5-12/h2-9H,17-18H2,1H3,(H,19,20). The van der Waals surface area contributed by atoms with Crippen LogP contribution in [0.3, 0.4) is 0 Å². The summed E-state index contributed by atoms with van der Waals surface area (Å²) in [5.74, 6) is 0.842. The monoisotopic (exact) mass is 264 g/mol. The van der Waals surface area contributed by atoms with Crippen molar-refractivity contribution in [1.82, 2.24) is 9.97 Å². The third-order valence-corrected chi connectivity index (χ3v) is 3.25. The molecule has 20 heavy (non-hydrogen) atoms. The highest BCUT2D eigenvalue weighted by atomic mass is 14.9. The van der Waals surface area contributed by atoms with Crippen LogP contribution < -0.4 is 11.5 Å². The maximum Gasteiger partial charge on any atom is 0.138 e. The minimum absolute atomic E-state index is 0.746. The Morgan fingerprint density at radius 3 is 1.85 bits per heavy atom. The van der Waals surface area contributed by atoms with E-state index in [-0.39, 0.29) is 0 Å². The highest BCUT2D eigenvalue weighted by molar-refractivity contribution is 5.69. The number of H-pyrrole nitrogens is 1. The van der Waals surface area contributed by atoms with E-state index >= 15 is 0 Å². The minimum atomic E-state index is 0.746. The number of nitrogens with zero attached hydrogens (tertiary/aromatic N) is 1. The lowest BCUT2D eigenvalue weighted by Gasteiger charge is -1.99. The van der Waals surface area contributed by atoms with Crippen LogP contribution in [0.2, 0.25) is 0 Å². The molecule has 4 nitrogen and oxygen atoms in total. The molecule has 0 amide bonds. The Balaban J connectivity index is 2.02. The number of imidazole rings is 1. The van der Waals surface area contributed by atoms with Crippen molar-refractivity contribution in [2.75, 3.05) is 11.5 Å². The van der Waals surface area contributed by atoms with Gasteiger partial charge in [-0.25, -0.2) is 4.98 Å². The van der Waals surface area contributed by atoms with Crippen LogP contribution in [0.1, 0.15) is 5.69 Å². The van der Waals surface area contributed by atoms with E-state index in [9.17, 15) is 0 Å². The topological polar surface area (TPSA) is 80.7 Å². The largest absolute Gasteiger partial charge is 0.399 e. The third-order valence-electron chi connectivity index (χ3n) is 3.25. The molecule has 4 heteroatoms. The zero-order valence-electron chi connectivity index (χ0n) is 11.2. The van der Waals surface area contributed by atoms with Gasteiger partial charge < -0.3 is 16.5 Å². The number of aromatic amines is 1. The van der Waals surface area contributed by atoms with Gasteiger partial charge in [0, 0.05) is 28.2 Å². The molecular weight excluding hydrogens is 248 g/mol. The van der Waals surface area contributed by atoms with Crippen molar-refractivity contribution in [1.29, 1.82) is 0 Å². The zero-order chi connectivity index (χ0) is 14.1. The molecule has 0 unspecified atom stereocenters. The van der Waals surface area contributed by atoms with Crippen LogP contribution in [-0.2, 0) is 0 Å². The SMILES string of the molecule is Cc1[nH]c(-c2ccc(N)cc2)nc1-c1ccc(N)cc1. The van der Waals surface area contributed by atoms with Gasteiger partial charge in [0.2, 0.25) is 0 Å². The van der Waals surface area contributed by atoms with Crippen LogP contribution in [-0.4, -0.2) is 9.97 Å². The number of hydrogen-bond acceptors (Lipinski definition) is 3. The van der Waals surface area contributed by atoms with Gasteiger partial charge in [0.05, 0.1) is 5.69 Å². The van der Waals surface area contributed by atoms with E-state index in [0.717, 1.165) is 39.7 Å². The summed E-state index contributed by atoms with van der Waals surface area (Å²) in [6.07, 6.45) is 0. The van der Waals surface area contributed by atoms with Crippen LogP contribution >= 0.6 is 0 Å². The Kier molecular flexibility index (Phi) is 2.91. The quantitative estimate of drug-likeness (QED) is 0.622. The maximum atomic E-state index is 5.71. The van der Waals surface area contributed by atoms with Crippen molar-refractivity contribution in [3.63, 3.8) is 0 Å². The zero-order valence-corrected chi connectivity index (χ0v) is 11.2. The highest BCUT2D eigenvalue weighted by Crippen LogP contribution is 2.26. The maximum absolute atomic E-state index is 5.71. The second-order valence-corrected chi connectivity index (χ2v) is 4.80. The molecule has 100 valence electrons. The first-order valence-corrected chi connectivity index (χ1v) is 6.42. The van der Waals surface area contributed by atoms with E-state index in [4.69, 9.17) is 11.5 Å². The Hall–Kier alpha value is -2.75. The smallest absolute Gasteiger partial charge is 0.138 e. The number of hydrogen-bond donors (Lipinski definition) is 3. The van der Waals surface area contributed by atoms with Crippen LogP contribution in [0.15, 0.2) is 48.5 Å². The number of aryl methyl sites for hydroxylation is 1. The number of aromatic nitrogens is 2. The fourth-order valence-electron chi connectivity index (χ4n) is 2.16. The number of benzene rings is 2. The fraction of sp³-hybridized carbons (Fsp3) is 0.0625. The first-order chi connectivity index (χ1) is 9.63. The van der Waals surface area contributed by atoms with Gasteiger partial charge in [-0.3, -0.25) is 0 Å². The number of anilines is 2. The average molecular weight is 264 g/mol. The van der Waals surface area contributed by atoms with Crippen molar-refractivity contribution in [3.05, 3.63) is 54.2 Å². The van der Waals surface area contributed by atoms with Gasteiger partial charge >= 0.3 is 0 Å². The van der Waals surface area contributed by atoms with Gasteiger partial charge in [0.15, 0.2) is 0 Å². The molecule has 0 bridgehead atoms. The molecule has 1 aromatic heterocycles. The first kappa shape index (κ1) is 12.3. The second kappa shape index (κ2) is 4.74. The Morgan fingerprint density at radius 2 is 1.30 bits per heavy atom. The Bertz CT molecular complexity index is 724. The summed E-state index contributed by atoms with van der Waals surface area (Å²) in [6.45, 7) is 2.01. The Labute approximate surface area is 117 Å². The third kappa shape index (κ3) is 2.23. The molecule has 0 aliphatic carbocycles. The molecule has 2 aromatic carbocycles. The molecule has 0 aliphatic rings.